The van der Waals surface area contributed by atoms with Crippen LogP contribution in [-0.2, 0) is 6.42 Å². The fourth-order valence-electron chi connectivity index (χ4n) is 2.59. The van der Waals surface area contributed by atoms with Crippen molar-refractivity contribution in [2.75, 3.05) is 12.4 Å². The molecule has 0 spiro atoms. The van der Waals surface area contributed by atoms with E-state index in [4.69, 9.17) is 4.74 Å². The molecule has 0 amide bonds. The van der Waals surface area contributed by atoms with Crippen molar-refractivity contribution >= 4 is 5.69 Å². The van der Waals surface area contributed by atoms with Crippen molar-refractivity contribution in [3.63, 3.8) is 0 Å². The van der Waals surface area contributed by atoms with Crippen LogP contribution >= 0.6 is 0 Å². The molecule has 0 saturated heterocycles. The Bertz CT molecular complexity index is 597. The second-order valence-corrected chi connectivity index (χ2v) is 4.78. The minimum atomic E-state index is -0.212. The molecular weight excluding hydrogens is 241 g/mol. The first-order valence-electron chi connectivity index (χ1n) is 6.46. The number of anilines is 1. The van der Waals surface area contributed by atoms with Gasteiger partial charge in [-0.2, -0.15) is 0 Å². The zero-order valence-electron chi connectivity index (χ0n) is 10.8. The molecule has 98 valence electrons. The summed E-state index contributed by atoms with van der Waals surface area (Å²) in [5.41, 5.74) is 3.11. The minimum absolute atomic E-state index is 0.0285. The number of hydrogen-bond donors (Lipinski definition) is 1. The van der Waals surface area contributed by atoms with Gasteiger partial charge in [0, 0.05) is 17.3 Å². The van der Waals surface area contributed by atoms with Crippen LogP contribution in [0, 0.1) is 5.82 Å². The largest absolute Gasteiger partial charge is 0.497 e. The van der Waals surface area contributed by atoms with Crippen molar-refractivity contribution in [1.29, 1.82) is 0 Å². The highest BCUT2D eigenvalue weighted by Crippen LogP contribution is 2.34. The molecule has 0 aromatic heterocycles. The Morgan fingerprint density at radius 3 is 2.84 bits per heavy atom. The standard InChI is InChI=1S/C16H16FNO/c1-19-12-7-8-13(14(17)10-12)16-9-6-11-4-2-3-5-15(11)18-16/h2-5,7-8,10,16,18H,6,9H2,1H3. The van der Waals surface area contributed by atoms with E-state index < -0.39 is 0 Å². The highest BCUT2D eigenvalue weighted by Gasteiger charge is 2.21. The van der Waals surface area contributed by atoms with Gasteiger partial charge in [0.25, 0.3) is 0 Å². The summed E-state index contributed by atoms with van der Waals surface area (Å²) in [6.45, 7) is 0. The Labute approximate surface area is 112 Å². The third-order valence-electron chi connectivity index (χ3n) is 3.63. The normalized spacial score (nSPS) is 17.5. The second kappa shape index (κ2) is 4.92. The molecule has 1 unspecified atom stereocenters. The molecule has 3 heteroatoms. The van der Waals surface area contributed by atoms with Crippen molar-refractivity contribution in [3.8, 4) is 5.75 Å². The Balaban J connectivity index is 1.89. The Morgan fingerprint density at radius 1 is 1.21 bits per heavy atom. The van der Waals surface area contributed by atoms with Gasteiger partial charge in [0.2, 0.25) is 0 Å². The van der Waals surface area contributed by atoms with Crippen LogP contribution in [0.15, 0.2) is 42.5 Å². The van der Waals surface area contributed by atoms with E-state index in [-0.39, 0.29) is 11.9 Å². The number of benzene rings is 2. The first-order chi connectivity index (χ1) is 9.28. The monoisotopic (exact) mass is 257 g/mol. The van der Waals surface area contributed by atoms with Crippen LogP contribution in [-0.4, -0.2) is 7.11 Å². The third-order valence-corrected chi connectivity index (χ3v) is 3.63. The van der Waals surface area contributed by atoms with Gasteiger partial charge in [-0.3, -0.25) is 0 Å². The lowest BCUT2D eigenvalue weighted by Crippen LogP contribution is -2.19. The molecule has 1 heterocycles. The molecule has 1 atom stereocenters. The van der Waals surface area contributed by atoms with Crippen LogP contribution in [0.5, 0.6) is 5.75 Å². The number of halogens is 1. The van der Waals surface area contributed by atoms with E-state index in [1.54, 1.807) is 19.2 Å². The highest BCUT2D eigenvalue weighted by atomic mass is 19.1. The van der Waals surface area contributed by atoms with Gasteiger partial charge in [0.05, 0.1) is 13.2 Å². The molecule has 1 aliphatic heterocycles. The van der Waals surface area contributed by atoms with E-state index in [2.05, 4.69) is 11.4 Å². The zero-order chi connectivity index (χ0) is 13.2. The second-order valence-electron chi connectivity index (χ2n) is 4.78. The maximum atomic E-state index is 14.1. The number of rotatable bonds is 2. The molecule has 0 saturated carbocycles. The minimum Gasteiger partial charge on any atom is -0.497 e. The first kappa shape index (κ1) is 12.0. The number of nitrogens with one attached hydrogen (secondary N) is 1. The molecule has 0 bridgehead atoms. The molecule has 19 heavy (non-hydrogen) atoms. The van der Waals surface area contributed by atoms with E-state index in [0.29, 0.717) is 11.3 Å². The van der Waals surface area contributed by atoms with Crippen molar-refractivity contribution < 1.29 is 9.13 Å². The molecule has 0 radical (unpaired) electrons. The molecule has 2 aromatic carbocycles. The number of para-hydroxylation sites is 1. The van der Waals surface area contributed by atoms with Crippen LogP contribution in [0.4, 0.5) is 10.1 Å². The van der Waals surface area contributed by atoms with E-state index >= 15 is 0 Å². The summed E-state index contributed by atoms with van der Waals surface area (Å²) in [6.07, 6.45) is 1.87. The van der Waals surface area contributed by atoms with Crippen molar-refractivity contribution in [2.24, 2.45) is 0 Å². The van der Waals surface area contributed by atoms with E-state index in [1.165, 1.54) is 11.6 Å². The van der Waals surface area contributed by atoms with E-state index in [1.807, 2.05) is 18.2 Å². The fraction of sp³-hybridized carbons (Fsp3) is 0.250. The number of fused-ring (bicyclic) bond motifs is 1. The summed E-state index contributed by atoms with van der Waals surface area (Å²) in [5, 5.41) is 3.41. The number of ether oxygens (including phenoxy) is 1. The Morgan fingerprint density at radius 2 is 2.05 bits per heavy atom. The van der Waals surface area contributed by atoms with Gasteiger partial charge < -0.3 is 10.1 Å². The predicted molar refractivity (Wildman–Crippen MR) is 74.1 cm³/mol. The maximum Gasteiger partial charge on any atom is 0.132 e. The summed E-state index contributed by atoms with van der Waals surface area (Å²) < 4.78 is 19.1. The maximum absolute atomic E-state index is 14.1. The number of hydrogen-bond acceptors (Lipinski definition) is 2. The zero-order valence-corrected chi connectivity index (χ0v) is 10.8. The van der Waals surface area contributed by atoms with Crippen LogP contribution in [0.25, 0.3) is 0 Å². The van der Waals surface area contributed by atoms with Gasteiger partial charge in [0.1, 0.15) is 11.6 Å². The molecule has 3 rings (SSSR count). The highest BCUT2D eigenvalue weighted by molar-refractivity contribution is 5.55. The topological polar surface area (TPSA) is 21.3 Å². The van der Waals surface area contributed by atoms with Crippen LogP contribution in [0.3, 0.4) is 0 Å². The molecule has 2 aromatic rings. The average molecular weight is 257 g/mol. The summed E-state index contributed by atoms with van der Waals surface area (Å²) in [6, 6.07) is 13.3. The van der Waals surface area contributed by atoms with Gasteiger partial charge in [-0.1, -0.05) is 24.3 Å². The van der Waals surface area contributed by atoms with Crippen molar-refractivity contribution in [1.82, 2.24) is 0 Å². The molecular formula is C16H16FNO. The first-order valence-corrected chi connectivity index (χ1v) is 6.46. The lowest BCUT2D eigenvalue weighted by atomic mass is 9.93. The van der Waals surface area contributed by atoms with Gasteiger partial charge in [0.15, 0.2) is 0 Å². The molecule has 0 aliphatic carbocycles. The quantitative estimate of drug-likeness (QED) is 0.880. The Hall–Kier alpha value is -2.03. The summed E-state index contributed by atoms with van der Waals surface area (Å²) in [4.78, 5) is 0. The van der Waals surface area contributed by atoms with Crippen molar-refractivity contribution in [2.45, 2.75) is 18.9 Å². The molecule has 2 nitrogen and oxygen atoms in total. The van der Waals surface area contributed by atoms with Gasteiger partial charge in [-0.15, -0.1) is 0 Å². The van der Waals surface area contributed by atoms with Gasteiger partial charge >= 0.3 is 0 Å². The van der Waals surface area contributed by atoms with E-state index in [9.17, 15) is 4.39 Å². The predicted octanol–water partition coefficient (Wildman–Crippen LogP) is 3.93. The van der Waals surface area contributed by atoms with Crippen molar-refractivity contribution in [3.05, 3.63) is 59.4 Å². The van der Waals surface area contributed by atoms with Gasteiger partial charge in [-0.25, -0.2) is 4.39 Å². The number of methoxy groups -OCH3 is 1. The molecule has 0 fully saturated rings. The lowest BCUT2D eigenvalue weighted by molar-refractivity contribution is 0.410. The lowest BCUT2D eigenvalue weighted by Gasteiger charge is -2.27. The smallest absolute Gasteiger partial charge is 0.132 e. The molecule has 1 N–H and O–H groups in total. The molecule has 1 aliphatic rings. The SMILES string of the molecule is COc1ccc(C2CCc3ccccc3N2)c(F)c1. The average Bonchev–Trinajstić information content (AvgIpc) is 2.46. The van der Waals surface area contributed by atoms with Crippen LogP contribution in [0.2, 0.25) is 0 Å². The summed E-state index contributed by atoms with van der Waals surface area (Å²) in [7, 11) is 1.55. The Kier molecular flexibility index (Phi) is 3.11. The van der Waals surface area contributed by atoms with Gasteiger partial charge in [-0.05, 0) is 30.5 Å². The third kappa shape index (κ3) is 2.28. The van der Waals surface area contributed by atoms with Crippen LogP contribution < -0.4 is 10.1 Å². The summed E-state index contributed by atoms with van der Waals surface area (Å²) in [5.74, 6) is 0.341. The summed E-state index contributed by atoms with van der Waals surface area (Å²) >= 11 is 0. The van der Waals surface area contributed by atoms with E-state index in [0.717, 1.165) is 18.5 Å². The fourth-order valence-corrected chi connectivity index (χ4v) is 2.59. The number of aryl methyl sites for hydroxylation is 1. The van der Waals surface area contributed by atoms with Crippen LogP contribution in [0.1, 0.15) is 23.6 Å².